The van der Waals surface area contributed by atoms with E-state index in [-0.39, 0.29) is 23.0 Å². The van der Waals surface area contributed by atoms with Gasteiger partial charge in [-0.15, -0.1) is 0 Å². The van der Waals surface area contributed by atoms with Crippen molar-refractivity contribution < 1.29 is 28.6 Å². The van der Waals surface area contributed by atoms with Crippen molar-refractivity contribution in [1.82, 2.24) is 4.90 Å². The lowest BCUT2D eigenvalue weighted by molar-refractivity contribution is -0.122. The van der Waals surface area contributed by atoms with Crippen LogP contribution in [0.15, 0.2) is 97.2 Å². The number of ketones is 2. The van der Waals surface area contributed by atoms with Crippen LogP contribution in [-0.4, -0.2) is 49.7 Å². The van der Waals surface area contributed by atoms with Crippen LogP contribution in [0.3, 0.4) is 0 Å². The molecule has 220 valence electrons. The fourth-order valence-electron chi connectivity index (χ4n) is 7.34. The quantitative estimate of drug-likeness (QED) is 0.278. The minimum absolute atomic E-state index is 0.283. The van der Waals surface area contributed by atoms with Gasteiger partial charge in [-0.3, -0.25) is 14.4 Å². The van der Waals surface area contributed by atoms with Crippen molar-refractivity contribution >= 4 is 29.2 Å². The lowest BCUT2D eigenvalue weighted by atomic mass is 9.62. The lowest BCUT2D eigenvalue weighted by Crippen LogP contribution is -2.49. The Morgan fingerprint density at radius 2 is 1.48 bits per heavy atom. The third-order valence-corrected chi connectivity index (χ3v) is 9.17. The first-order valence-electron chi connectivity index (χ1n) is 14.3. The van der Waals surface area contributed by atoms with Crippen LogP contribution in [0.1, 0.15) is 43.4 Å². The second-order valence-corrected chi connectivity index (χ2v) is 11.1. The minimum Gasteiger partial charge on any atom is -0.497 e. The number of ether oxygens (including phenoxy) is 3. The molecule has 0 radical (unpaired) electrons. The van der Waals surface area contributed by atoms with Crippen molar-refractivity contribution in [3.63, 3.8) is 0 Å². The summed E-state index contributed by atoms with van der Waals surface area (Å²) in [6.07, 6.45) is 3.77. The number of hydrogen-bond donors (Lipinski definition) is 1. The Hall–Kier alpha value is -5.37. The van der Waals surface area contributed by atoms with E-state index >= 15 is 4.79 Å². The first-order chi connectivity index (χ1) is 21.4. The van der Waals surface area contributed by atoms with Crippen LogP contribution in [0, 0.1) is 5.92 Å². The fraction of sp³-hybridized carbons (Fsp3) is 0.194. The van der Waals surface area contributed by atoms with Crippen LogP contribution in [0.4, 0.5) is 5.69 Å². The van der Waals surface area contributed by atoms with Gasteiger partial charge in [0.15, 0.2) is 11.6 Å². The number of benzene rings is 4. The Balaban J connectivity index is 1.54. The van der Waals surface area contributed by atoms with Gasteiger partial charge in [0.2, 0.25) is 5.91 Å². The highest BCUT2D eigenvalue weighted by atomic mass is 16.5. The summed E-state index contributed by atoms with van der Waals surface area (Å²) in [6, 6.07) is 25.4. The van der Waals surface area contributed by atoms with Gasteiger partial charge >= 0.3 is 0 Å². The Morgan fingerprint density at radius 1 is 0.773 bits per heavy atom. The predicted molar refractivity (Wildman–Crippen MR) is 165 cm³/mol. The molecule has 1 N–H and O–H groups in total. The van der Waals surface area contributed by atoms with Crippen molar-refractivity contribution in [2.75, 3.05) is 26.6 Å². The summed E-state index contributed by atoms with van der Waals surface area (Å²) >= 11 is 0. The SMILES string of the molecule is COc1ccc(C(=O)[C@H]2[C@H](C(=O)c3ccccc3OC)[C@]3(C(=O)Nc4ccccc43)[C@H]3c4ccccc4C=CN23)c(OC)c1. The van der Waals surface area contributed by atoms with E-state index in [0.717, 1.165) is 11.1 Å². The van der Waals surface area contributed by atoms with Crippen molar-refractivity contribution in [2.24, 2.45) is 5.92 Å². The molecule has 8 heteroatoms. The van der Waals surface area contributed by atoms with Crippen LogP contribution < -0.4 is 19.5 Å². The van der Waals surface area contributed by atoms with Crippen LogP contribution in [0.5, 0.6) is 17.2 Å². The van der Waals surface area contributed by atoms with Gasteiger partial charge in [0, 0.05) is 18.0 Å². The lowest BCUT2D eigenvalue weighted by Gasteiger charge is -2.38. The molecule has 4 aromatic carbocycles. The summed E-state index contributed by atoms with van der Waals surface area (Å²) < 4.78 is 16.7. The number of hydrogen-bond acceptors (Lipinski definition) is 7. The molecular weight excluding hydrogens is 556 g/mol. The largest absolute Gasteiger partial charge is 0.497 e. The number of nitrogens with zero attached hydrogens (tertiary/aromatic N) is 1. The van der Waals surface area contributed by atoms with E-state index in [0.29, 0.717) is 34.1 Å². The van der Waals surface area contributed by atoms with Gasteiger partial charge in [-0.1, -0.05) is 54.6 Å². The number of para-hydroxylation sites is 2. The molecule has 0 aromatic heterocycles. The molecule has 4 atom stereocenters. The average molecular weight is 587 g/mol. The highest BCUT2D eigenvalue weighted by Crippen LogP contribution is 2.62. The second-order valence-electron chi connectivity index (χ2n) is 11.1. The molecule has 3 heterocycles. The van der Waals surface area contributed by atoms with E-state index in [1.165, 1.54) is 21.3 Å². The molecule has 1 saturated heterocycles. The van der Waals surface area contributed by atoms with Crippen LogP contribution in [-0.2, 0) is 10.2 Å². The number of anilines is 1. The van der Waals surface area contributed by atoms with Gasteiger partial charge in [0.25, 0.3) is 0 Å². The molecule has 3 aliphatic rings. The molecule has 1 fully saturated rings. The summed E-state index contributed by atoms with van der Waals surface area (Å²) in [6.45, 7) is 0. The Kier molecular flexibility index (Phi) is 6.50. The van der Waals surface area contributed by atoms with Gasteiger partial charge in [-0.25, -0.2) is 0 Å². The molecule has 7 rings (SSSR count). The zero-order valence-corrected chi connectivity index (χ0v) is 24.4. The van der Waals surface area contributed by atoms with Crippen LogP contribution >= 0.6 is 0 Å². The normalized spacial score (nSPS) is 22.6. The van der Waals surface area contributed by atoms with Gasteiger partial charge in [-0.05, 0) is 53.1 Å². The molecule has 8 nitrogen and oxygen atoms in total. The number of carbonyl (C=O) groups excluding carboxylic acids is 3. The third kappa shape index (κ3) is 3.73. The maximum Gasteiger partial charge on any atom is 0.238 e. The maximum atomic E-state index is 15.1. The monoisotopic (exact) mass is 586 g/mol. The zero-order valence-electron chi connectivity index (χ0n) is 24.4. The summed E-state index contributed by atoms with van der Waals surface area (Å²) in [5.41, 5.74) is 2.21. The van der Waals surface area contributed by atoms with Gasteiger partial charge in [-0.2, -0.15) is 0 Å². The summed E-state index contributed by atoms with van der Waals surface area (Å²) in [5, 5.41) is 3.07. The van der Waals surface area contributed by atoms with E-state index in [1.54, 1.807) is 42.5 Å². The molecule has 4 aromatic rings. The molecule has 44 heavy (non-hydrogen) atoms. The molecule has 0 bridgehead atoms. The van der Waals surface area contributed by atoms with Crippen molar-refractivity contribution in [3.8, 4) is 17.2 Å². The van der Waals surface area contributed by atoms with E-state index in [4.69, 9.17) is 14.2 Å². The fourth-order valence-corrected chi connectivity index (χ4v) is 7.34. The Bertz CT molecular complexity index is 1870. The molecule has 3 aliphatic heterocycles. The summed E-state index contributed by atoms with van der Waals surface area (Å²) in [5.74, 6) is -0.967. The number of Topliss-reactive ketones (excluding diaryl/α,β-unsaturated/α-hetero) is 2. The van der Waals surface area contributed by atoms with Crippen molar-refractivity contribution in [3.05, 3.63) is 125 Å². The number of rotatable bonds is 7. The second kappa shape index (κ2) is 10.4. The molecule has 0 unspecified atom stereocenters. The minimum atomic E-state index is -1.45. The number of methoxy groups -OCH3 is 3. The standard InChI is InChI=1S/C36H30N2O6/c1-42-22-16-17-25(29(20-22)44-3)33(40)31-30(32(39)24-12-6-9-15-28(24)43-2)36(26-13-7-8-14-27(26)37-35(36)41)34-23-11-5-4-10-21(23)18-19-38(31)34/h4-20,30-31,34H,1-3H3,(H,37,41)/t30-,31-,34-,36+/m1/s1. The van der Waals surface area contributed by atoms with E-state index in [1.807, 2.05) is 65.7 Å². The summed E-state index contributed by atoms with van der Waals surface area (Å²) in [7, 11) is 4.52. The number of carbonyl (C=O) groups is 3. The number of amides is 1. The Morgan fingerprint density at radius 3 is 2.27 bits per heavy atom. The molecule has 0 saturated carbocycles. The third-order valence-electron chi connectivity index (χ3n) is 9.17. The molecule has 1 amide bonds. The van der Waals surface area contributed by atoms with Gasteiger partial charge in [0.1, 0.15) is 28.7 Å². The van der Waals surface area contributed by atoms with Gasteiger partial charge < -0.3 is 24.4 Å². The van der Waals surface area contributed by atoms with E-state index < -0.39 is 23.4 Å². The smallest absolute Gasteiger partial charge is 0.238 e. The highest BCUT2D eigenvalue weighted by molar-refractivity contribution is 6.17. The molecule has 1 spiro atoms. The first-order valence-corrected chi connectivity index (χ1v) is 14.3. The van der Waals surface area contributed by atoms with Crippen LogP contribution in [0.25, 0.3) is 6.08 Å². The maximum absolute atomic E-state index is 15.1. The number of nitrogens with one attached hydrogen (secondary N) is 1. The van der Waals surface area contributed by atoms with Gasteiger partial charge in [0.05, 0.1) is 44.4 Å². The van der Waals surface area contributed by atoms with Crippen molar-refractivity contribution in [2.45, 2.75) is 17.5 Å². The molecule has 0 aliphatic carbocycles. The van der Waals surface area contributed by atoms with E-state index in [9.17, 15) is 9.59 Å². The van der Waals surface area contributed by atoms with Crippen LogP contribution in [0.2, 0.25) is 0 Å². The van der Waals surface area contributed by atoms with Crippen molar-refractivity contribution in [1.29, 1.82) is 0 Å². The zero-order chi connectivity index (χ0) is 30.6. The average Bonchev–Trinajstić information content (AvgIpc) is 3.55. The molecular formula is C36H30N2O6. The topological polar surface area (TPSA) is 94.2 Å². The van der Waals surface area contributed by atoms with E-state index in [2.05, 4.69) is 5.32 Å². The Labute approximate surface area is 254 Å². The predicted octanol–water partition coefficient (Wildman–Crippen LogP) is 5.69. The highest BCUT2D eigenvalue weighted by Gasteiger charge is 2.71. The number of fused-ring (bicyclic) bond motifs is 6. The summed E-state index contributed by atoms with van der Waals surface area (Å²) in [4.78, 5) is 46.6. The first kappa shape index (κ1) is 27.5.